The van der Waals surface area contributed by atoms with Gasteiger partial charge < -0.3 is 9.84 Å². The highest BCUT2D eigenvalue weighted by molar-refractivity contribution is 5.93. The number of carbonyl (C=O) groups excluding carboxylic acids is 1. The van der Waals surface area contributed by atoms with Gasteiger partial charge in [-0.3, -0.25) is 4.68 Å². The van der Waals surface area contributed by atoms with E-state index in [1.54, 1.807) is 25.1 Å². The molecule has 0 atom stereocenters. The first-order valence-electron chi connectivity index (χ1n) is 6.11. The number of ether oxygens (including phenoxy) is 1. The SMILES string of the molecule is CCn1nc(C(=O)Oc2cccc(C)c2)cc1C(=O)O. The Labute approximate surface area is 115 Å². The summed E-state index contributed by atoms with van der Waals surface area (Å²) in [6.07, 6.45) is 0. The Kier molecular flexibility index (Phi) is 3.84. The van der Waals surface area contributed by atoms with Crippen molar-refractivity contribution in [3.8, 4) is 5.75 Å². The second kappa shape index (κ2) is 5.56. The van der Waals surface area contributed by atoms with Crippen molar-refractivity contribution in [2.24, 2.45) is 0 Å². The smallest absolute Gasteiger partial charge is 0.364 e. The molecule has 2 aromatic rings. The van der Waals surface area contributed by atoms with E-state index < -0.39 is 11.9 Å². The predicted molar refractivity (Wildman–Crippen MR) is 71.0 cm³/mol. The average Bonchev–Trinajstić information content (AvgIpc) is 2.83. The van der Waals surface area contributed by atoms with Crippen LogP contribution in [0.15, 0.2) is 30.3 Å². The molecule has 0 unspecified atom stereocenters. The van der Waals surface area contributed by atoms with Crippen molar-refractivity contribution in [3.05, 3.63) is 47.3 Å². The van der Waals surface area contributed by atoms with E-state index in [1.165, 1.54) is 10.7 Å². The fourth-order valence-electron chi connectivity index (χ4n) is 1.77. The van der Waals surface area contributed by atoms with Crippen LogP contribution >= 0.6 is 0 Å². The Hall–Kier alpha value is -2.63. The number of rotatable bonds is 4. The van der Waals surface area contributed by atoms with Crippen molar-refractivity contribution in [3.63, 3.8) is 0 Å². The molecular weight excluding hydrogens is 260 g/mol. The number of hydrogen-bond acceptors (Lipinski definition) is 4. The maximum Gasteiger partial charge on any atom is 0.364 e. The van der Waals surface area contributed by atoms with Crippen LogP contribution in [0.4, 0.5) is 0 Å². The Morgan fingerprint density at radius 2 is 2.10 bits per heavy atom. The van der Waals surface area contributed by atoms with Crippen LogP contribution in [0, 0.1) is 6.92 Å². The number of carbonyl (C=O) groups is 2. The first-order valence-corrected chi connectivity index (χ1v) is 6.11. The van der Waals surface area contributed by atoms with E-state index in [0.29, 0.717) is 12.3 Å². The minimum atomic E-state index is -1.13. The topological polar surface area (TPSA) is 81.4 Å². The zero-order valence-corrected chi connectivity index (χ0v) is 11.2. The summed E-state index contributed by atoms with van der Waals surface area (Å²) in [7, 11) is 0. The Bertz CT molecular complexity index is 661. The summed E-state index contributed by atoms with van der Waals surface area (Å²) in [5, 5.41) is 12.9. The molecule has 0 spiro atoms. The van der Waals surface area contributed by atoms with Crippen LogP contribution in [0.25, 0.3) is 0 Å². The van der Waals surface area contributed by atoms with Gasteiger partial charge in [-0.2, -0.15) is 5.10 Å². The minimum Gasteiger partial charge on any atom is -0.477 e. The van der Waals surface area contributed by atoms with Gasteiger partial charge in [0, 0.05) is 12.6 Å². The molecule has 20 heavy (non-hydrogen) atoms. The molecule has 6 nitrogen and oxygen atoms in total. The van der Waals surface area contributed by atoms with Gasteiger partial charge >= 0.3 is 11.9 Å². The average molecular weight is 274 g/mol. The molecule has 6 heteroatoms. The van der Waals surface area contributed by atoms with Gasteiger partial charge in [0.25, 0.3) is 0 Å². The van der Waals surface area contributed by atoms with Gasteiger partial charge in [-0.25, -0.2) is 9.59 Å². The van der Waals surface area contributed by atoms with E-state index in [4.69, 9.17) is 9.84 Å². The lowest BCUT2D eigenvalue weighted by atomic mass is 10.2. The summed E-state index contributed by atoms with van der Waals surface area (Å²) in [5.74, 6) is -1.41. The van der Waals surface area contributed by atoms with E-state index in [2.05, 4.69) is 5.10 Å². The van der Waals surface area contributed by atoms with Crippen molar-refractivity contribution in [1.82, 2.24) is 9.78 Å². The summed E-state index contributed by atoms with van der Waals surface area (Å²) in [6.45, 7) is 3.99. The van der Waals surface area contributed by atoms with E-state index in [9.17, 15) is 9.59 Å². The quantitative estimate of drug-likeness (QED) is 0.682. The highest BCUT2D eigenvalue weighted by Crippen LogP contribution is 2.15. The first-order chi connectivity index (χ1) is 9.51. The van der Waals surface area contributed by atoms with Crippen LogP contribution in [-0.4, -0.2) is 26.8 Å². The number of hydrogen-bond donors (Lipinski definition) is 1. The fourth-order valence-corrected chi connectivity index (χ4v) is 1.77. The third-order valence-corrected chi connectivity index (χ3v) is 2.71. The third-order valence-electron chi connectivity index (χ3n) is 2.71. The number of carboxylic acid groups (broad SMARTS) is 1. The molecule has 0 saturated heterocycles. The maximum atomic E-state index is 11.9. The summed E-state index contributed by atoms with van der Waals surface area (Å²) in [6, 6.07) is 8.23. The number of aryl methyl sites for hydroxylation is 2. The minimum absolute atomic E-state index is 0.0224. The van der Waals surface area contributed by atoms with Gasteiger partial charge in [0.2, 0.25) is 0 Å². The zero-order valence-electron chi connectivity index (χ0n) is 11.2. The van der Waals surface area contributed by atoms with Gasteiger partial charge in [0.1, 0.15) is 11.4 Å². The van der Waals surface area contributed by atoms with Crippen molar-refractivity contribution in [2.45, 2.75) is 20.4 Å². The van der Waals surface area contributed by atoms with Crippen LogP contribution in [0.5, 0.6) is 5.75 Å². The molecule has 0 aliphatic rings. The number of carboxylic acids is 1. The lowest BCUT2D eigenvalue weighted by Crippen LogP contribution is -2.11. The second-order valence-electron chi connectivity index (χ2n) is 4.24. The summed E-state index contributed by atoms with van der Waals surface area (Å²) >= 11 is 0. The van der Waals surface area contributed by atoms with Crippen molar-refractivity contribution in [1.29, 1.82) is 0 Å². The van der Waals surface area contributed by atoms with Gasteiger partial charge in [-0.1, -0.05) is 12.1 Å². The van der Waals surface area contributed by atoms with Crippen LogP contribution in [0.1, 0.15) is 33.5 Å². The van der Waals surface area contributed by atoms with Crippen molar-refractivity contribution in [2.75, 3.05) is 0 Å². The van der Waals surface area contributed by atoms with Gasteiger partial charge in [0.05, 0.1) is 0 Å². The monoisotopic (exact) mass is 274 g/mol. The first kappa shape index (κ1) is 13.8. The summed E-state index contributed by atoms with van der Waals surface area (Å²) in [5.41, 5.74) is 0.898. The third kappa shape index (κ3) is 2.85. The number of esters is 1. The molecule has 0 saturated carbocycles. The van der Waals surface area contributed by atoms with E-state index in [-0.39, 0.29) is 11.4 Å². The molecule has 1 aromatic carbocycles. The summed E-state index contributed by atoms with van der Waals surface area (Å²) < 4.78 is 6.41. The highest BCUT2D eigenvalue weighted by atomic mass is 16.5. The van der Waals surface area contributed by atoms with Gasteiger partial charge in [0.15, 0.2) is 5.69 Å². The van der Waals surface area contributed by atoms with Crippen molar-refractivity contribution >= 4 is 11.9 Å². The number of nitrogens with zero attached hydrogens (tertiary/aromatic N) is 2. The Morgan fingerprint density at radius 1 is 1.35 bits per heavy atom. The molecule has 2 rings (SSSR count). The molecule has 1 N–H and O–H groups in total. The van der Waals surface area contributed by atoms with E-state index >= 15 is 0 Å². The Morgan fingerprint density at radius 3 is 2.65 bits per heavy atom. The van der Waals surface area contributed by atoms with Crippen molar-refractivity contribution < 1.29 is 19.4 Å². The highest BCUT2D eigenvalue weighted by Gasteiger charge is 2.19. The molecule has 1 heterocycles. The lowest BCUT2D eigenvalue weighted by molar-refractivity contribution is 0.0681. The van der Waals surface area contributed by atoms with Crippen LogP contribution in [0.3, 0.4) is 0 Å². The largest absolute Gasteiger partial charge is 0.477 e. The normalized spacial score (nSPS) is 10.3. The molecule has 0 fully saturated rings. The number of aromatic nitrogens is 2. The van der Waals surface area contributed by atoms with Crippen LogP contribution < -0.4 is 4.74 Å². The molecule has 0 aliphatic carbocycles. The number of benzene rings is 1. The zero-order chi connectivity index (χ0) is 14.7. The molecule has 1 aromatic heterocycles. The molecule has 104 valence electrons. The maximum absolute atomic E-state index is 11.9. The van der Waals surface area contributed by atoms with Gasteiger partial charge in [-0.05, 0) is 31.5 Å². The van der Waals surface area contributed by atoms with Crippen LogP contribution in [-0.2, 0) is 6.54 Å². The number of aromatic carboxylic acids is 1. The molecule has 0 radical (unpaired) electrons. The fraction of sp³-hybridized carbons (Fsp3) is 0.214. The molecule has 0 amide bonds. The molecular formula is C14H14N2O4. The second-order valence-corrected chi connectivity index (χ2v) is 4.24. The Balaban J connectivity index is 2.23. The van der Waals surface area contributed by atoms with E-state index in [1.807, 2.05) is 13.0 Å². The standard InChI is InChI=1S/C14H14N2O4/c1-3-16-12(13(17)18)8-11(15-16)14(19)20-10-6-4-5-9(2)7-10/h4-8H,3H2,1-2H3,(H,17,18). The lowest BCUT2D eigenvalue weighted by Gasteiger charge is -2.02. The van der Waals surface area contributed by atoms with E-state index in [0.717, 1.165) is 5.56 Å². The van der Waals surface area contributed by atoms with Crippen LogP contribution in [0.2, 0.25) is 0 Å². The molecule has 0 aliphatic heterocycles. The molecule has 0 bridgehead atoms. The predicted octanol–water partition coefficient (Wildman–Crippen LogP) is 2.13. The van der Waals surface area contributed by atoms with Gasteiger partial charge in [-0.15, -0.1) is 0 Å². The summed E-state index contributed by atoms with van der Waals surface area (Å²) in [4.78, 5) is 22.9.